The normalized spacial score (nSPS) is 18.8. The average Bonchev–Trinajstić information content (AvgIpc) is 2.52. The molecule has 0 bridgehead atoms. The summed E-state index contributed by atoms with van der Waals surface area (Å²) in [5.74, 6) is -0.947. The van der Waals surface area contributed by atoms with Gasteiger partial charge in [-0.25, -0.2) is 4.79 Å². The van der Waals surface area contributed by atoms with E-state index >= 15 is 0 Å². The van der Waals surface area contributed by atoms with E-state index in [4.69, 9.17) is 14.2 Å². The predicted octanol–water partition coefficient (Wildman–Crippen LogP) is 2.29. The van der Waals surface area contributed by atoms with Gasteiger partial charge < -0.3 is 18.9 Å². The van der Waals surface area contributed by atoms with E-state index in [1.54, 1.807) is 0 Å². The number of benzene rings is 1. The predicted molar refractivity (Wildman–Crippen MR) is 68.8 cm³/mol. The molecule has 0 saturated carbocycles. The van der Waals surface area contributed by atoms with Crippen molar-refractivity contribution < 1.29 is 36.9 Å². The number of carbonyl (C=O) groups is 1. The highest BCUT2D eigenvalue weighted by Crippen LogP contribution is 2.33. The minimum absolute atomic E-state index is 0.0297. The Kier molecular flexibility index (Phi) is 5.25. The summed E-state index contributed by atoms with van der Waals surface area (Å²) < 4.78 is 58.8. The number of hydrogen-bond acceptors (Lipinski definition) is 5. The fourth-order valence-electron chi connectivity index (χ4n) is 1.90. The lowest BCUT2D eigenvalue weighted by Crippen LogP contribution is -2.33. The van der Waals surface area contributed by atoms with Crippen LogP contribution in [0.15, 0.2) is 18.2 Å². The van der Waals surface area contributed by atoms with Gasteiger partial charge in [-0.2, -0.15) is 13.2 Å². The number of ether oxygens (including phenoxy) is 4. The minimum Gasteiger partial charge on any atom is -0.491 e. The van der Waals surface area contributed by atoms with Gasteiger partial charge in [0, 0.05) is 0 Å². The Morgan fingerprint density at radius 2 is 2.09 bits per heavy atom. The number of carbonyl (C=O) groups excluding carboxylic acids is 1. The molecule has 0 aliphatic carbocycles. The molecule has 1 aliphatic heterocycles. The lowest BCUT2D eigenvalue weighted by molar-refractivity contribution is -0.137. The van der Waals surface area contributed by atoms with E-state index in [9.17, 15) is 18.0 Å². The Labute approximate surface area is 124 Å². The van der Waals surface area contributed by atoms with E-state index in [0.717, 1.165) is 19.2 Å². The van der Waals surface area contributed by atoms with Crippen LogP contribution in [0, 0.1) is 0 Å². The van der Waals surface area contributed by atoms with Crippen molar-refractivity contribution in [3.63, 3.8) is 0 Å². The van der Waals surface area contributed by atoms with Gasteiger partial charge in [-0.1, -0.05) is 0 Å². The van der Waals surface area contributed by atoms with Gasteiger partial charge in [0.15, 0.2) is 0 Å². The Morgan fingerprint density at radius 3 is 2.68 bits per heavy atom. The van der Waals surface area contributed by atoms with Gasteiger partial charge >= 0.3 is 12.1 Å². The molecule has 8 heteroatoms. The molecular weight excluding hydrogens is 305 g/mol. The van der Waals surface area contributed by atoms with Crippen molar-refractivity contribution in [1.29, 1.82) is 0 Å². The Balaban J connectivity index is 2.16. The molecule has 1 heterocycles. The second-order valence-corrected chi connectivity index (χ2v) is 4.61. The van der Waals surface area contributed by atoms with Crippen molar-refractivity contribution in [2.45, 2.75) is 12.3 Å². The summed E-state index contributed by atoms with van der Waals surface area (Å²) in [5.41, 5.74) is -1.21. The molecule has 0 N–H and O–H groups in total. The number of esters is 1. The van der Waals surface area contributed by atoms with E-state index in [-0.39, 0.29) is 24.0 Å². The first-order valence-electron chi connectivity index (χ1n) is 6.53. The van der Waals surface area contributed by atoms with Crippen LogP contribution >= 0.6 is 0 Å². The van der Waals surface area contributed by atoms with Crippen LogP contribution in [-0.2, 0) is 20.4 Å². The summed E-state index contributed by atoms with van der Waals surface area (Å²) in [6.07, 6.45) is -4.95. The summed E-state index contributed by atoms with van der Waals surface area (Å²) >= 11 is 0. The van der Waals surface area contributed by atoms with Gasteiger partial charge in [0.2, 0.25) is 0 Å². The SMILES string of the molecule is COC(=O)c1cc(OCC2COCCO2)cc(C(F)(F)F)c1. The third-order valence-corrected chi connectivity index (χ3v) is 2.98. The highest BCUT2D eigenvalue weighted by atomic mass is 19.4. The van der Waals surface area contributed by atoms with Crippen LogP contribution in [0.5, 0.6) is 5.75 Å². The quantitative estimate of drug-likeness (QED) is 0.797. The molecule has 122 valence electrons. The molecule has 0 spiro atoms. The second kappa shape index (κ2) is 6.97. The fraction of sp³-hybridized carbons (Fsp3) is 0.500. The topological polar surface area (TPSA) is 54.0 Å². The van der Waals surface area contributed by atoms with Crippen LogP contribution in [-0.4, -0.2) is 45.6 Å². The second-order valence-electron chi connectivity index (χ2n) is 4.61. The van der Waals surface area contributed by atoms with Crippen LogP contribution in [0.2, 0.25) is 0 Å². The van der Waals surface area contributed by atoms with E-state index < -0.39 is 17.7 Å². The minimum atomic E-state index is -4.59. The maximum absolute atomic E-state index is 12.9. The van der Waals surface area contributed by atoms with Gasteiger partial charge in [0.25, 0.3) is 0 Å². The Bertz CT molecular complexity index is 524. The molecule has 1 unspecified atom stereocenters. The zero-order valence-electron chi connectivity index (χ0n) is 11.8. The maximum Gasteiger partial charge on any atom is 0.416 e. The fourth-order valence-corrected chi connectivity index (χ4v) is 1.90. The highest BCUT2D eigenvalue weighted by Gasteiger charge is 2.32. The molecule has 22 heavy (non-hydrogen) atoms. The molecule has 1 aromatic rings. The lowest BCUT2D eigenvalue weighted by atomic mass is 10.1. The third-order valence-electron chi connectivity index (χ3n) is 2.98. The summed E-state index contributed by atoms with van der Waals surface area (Å²) in [6, 6.07) is 2.75. The largest absolute Gasteiger partial charge is 0.491 e. The van der Waals surface area contributed by atoms with Crippen molar-refractivity contribution in [3.05, 3.63) is 29.3 Å². The van der Waals surface area contributed by atoms with Crippen molar-refractivity contribution in [3.8, 4) is 5.75 Å². The standard InChI is InChI=1S/C14H15F3O5/c1-19-13(18)9-4-10(14(15,16)17)6-11(5-9)22-8-12-7-20-2-3-21-12/h4-6,12H,2-3,7-8H2,1H3. The molecule has 1 fully saturated rings. The van der Waals surface area contributed by atoms with Crippen molar-refractivity contribution >= 4 is 5.97 Å². The number of hydrogen-bond donors (Lipinski definition) is 0. The summed E-state index contributed by atoms with van der Waals surface area (Å²) in [4.78, 5) is 11.5. The summed E-state index contributed by atoms with van der Waals surface area (Å²) in [6.45, 7) is 1.22. The number of alkyl halides is 3. The molecule has 2 rings (SSSR count). The van der Waals surface area contributed by atoms with Crippen LogP contribution in [0.3, 0.4) is 0 Å². The van der Waals surface area contributed by atoms with Gasteiger partial charge in [0.1, 0.15) is 18.5 Å². The molecule has 1 aliphatic rings. The summed E-state index contributed by atoms with van der Waals surface area (Å²) in [7, 11) is 1.09. The summed E-state index contributed by atoms with van der Waals surface area (Å²) in [5, 5.41) is 0. The first-order valence-corrected chi connectivity index (χ1v) is 6.53. The average molecular weight is 320 g/mol. The molecule has 1 saturated heterocycles. The van der Waals surface area contributed by atoms with Crippen LogP contribution in [0.1, 0.15) is 15.9 Å². The smallest absolute Gasteiger partial charge is 0.416 e. The molecule has 0 amide bonds. The Morgan fingerprint density at radius 1 is 1.32 bits per heavy atom. The molecule has 1 atom stereocenters. The molecule has 5 nitrogen and oxygen atoms in total. The molecule has 1 aromatic carbocycles. The first-order chi connectivity index (χ1) is 10.4. The van der Waals surface area contributed by atoms with Gasteiger partial charge in [-0.15, -0.1) is 0 Å². The number of halogens is 3. The van der Waals surface area contributed by atoms with Crippen LogP contribution in [0.4, 0.5) is 13.2 Å². The van der Waals surface area contributed by atoms with Crippen molar-refractivity contribution in [2.75, 3.05) is 33.5 Å². The first kappa shape index (κ1) is 16.6. The van der Waals surface area contributed by atoms with E-state index in [2.05, 4.69) is 4.74 Å². The zero-order valence-corrected chi connectivity index (χ0v) is 11.8. The maximum atomic E-state index is 12.9. The number of methoxy groups -OCH3 is 1. The molecule has 0 aromatic heterocycles. The zero-order chi connectivity index (χ0) is 16.2. The monoisotopic (exact) mass is 320 g/mol. The number of rotatable bonds is 4. The van der Waals surface area contributed by atoms with Gasteiger partial charge in [0.05, 0.1) is 38.1 Å². The lowest BCUT2D eigenvalue weighted by Gasteiger charge is -2.23. The van der Waals surface area contributed by atoms with Crippen molar-refractivity contribution in [1.82, 2.24) is 0 Å². The van der Waals surface area contributed by atoms with E-state index in [0.29, 0.717) is 19.8 Å². The van der Waals surface area contributed by atoms with Crippen LogP contribution < -0.4 is 4.74 Å². The van der Waals surface area contributed by atoms with Gasteiger partial charge in [-0.3, -0.25) is 0 Å². The Hall–Kier alpha value is -1.80. The van der Waals surface area contributed by atoms with Crippen LogP contribution in [0.25, 0.3) is 0 Å². The van der Waals surface area contributed by atoms with Crippen molar-refractivity contribution in [2.24, 2.45) is 0 Å². The highest BCUT2D eigenvalue weighted by molar-refractivity contribution is 5.90. The van der Waals surface area contributed by atoms with E-state index in [1.165, 1.54) is 6.07 Å². The third kappa shape index (κ3) is 4.35. The van der Waals surface area contributed by atoms with Gasteiger partial charge in [-0.05, 0) is 18.2 Å². The molecular formula is C14H15F3O5. The molecule has 0 radical (unpaired) electrons. The van der Waals surface area contributed by atoms with E-state index in [1.807, 2.05) is 0 Å².